The van der Waals surface area contributed by atoms with E-state index < -0.39 is 17.0 Å². The molecule has 0 saturated heterocycles. The molecular weight excluding hydrogens is 468 g/mol. The van der Waals surface area contributed by atoms with E-state index in [-0.39, 0.29) is 0 Å². The monoisotopic (exact) mass is 495 g/mol. The van der Waals surface area contributed by atoms with Crippen LogP contribution in [0.2, 0.25) is 0 Å². The van der Waals surface area contributed by atoms with Crippen molar-refractivity contribution in [3.63, 3.8) is 0 Å². The summed E-state index contributed by atoms with van der Waals surface area (Å²) >= 11 is -0.556. The van der Waals surface area contributed by atoms with Gasteiger partial charge in [-0.2, -0.15) is 0 Å². The molecule has 0 heterocycles. The third-order valence-electron chi connectivity index (χ3n) is 4.86. The van der Waals surface area contributed by atoms with E-state index >= 15 is 0 Å². The summed E-state index contributed by atoms with van der Waals surface area (Å²) in [6.07, 6.45) is 0. The zero-order chi connectivity index (χ0) is 21.9. The molecule has 158 valence electrons. The van der Waals surface area contributed by atoms with Gasteiger partial charge in [0.2, 0.25) is 0 Å². The summed E-state index contributed by atoms with van der Waals surface area (Å²) in [5.41, 5.74) is 5.17. The van der Waals surface area contributed by atoms with Gasteiger partial charge in [0.05, 0.1) is 0 Å². The molecule has 0 aliphatic carbocycles. The van der Waals surface area contributed by atoms with Crippen molar-refractivity contribution in [2.24, 2.45) is 0 Å². The van der Waals surface area contributed by atoms with E-state index in [1.54, 1.807) is 0 Å². The molecule has 3 rings (SSSR count). The number of rotatable bonds is 7. The van der Waals surface area contributed by atoms with Crippen molar-refractivity contribution in [2.75, 3.05) is 6.54 Å². The van der Waals surface area contributed by atoms with Crippen LogP contribution in [0.3, 0.4) is 0 Å². The number of benzene rings is 3. The van der Waals surface area contributed by atoms with Gasteiger partial charge in [-0.05, 0) is 54.5 Å². The minimum absolute atomic E-state index is 0.393. The number of phenolic OH excluding ortho intramolecular Hbond substituents is 1. The van der Waals surface area contributed by atoms with E-state index in [0.29, 0.717) is 14.3 Å². The standard InChI is InChI=1S/C24H28NOP.2ClH.Ti/c1-4-25(16-20-10-6-5-7-11-20)17-21-12-8-9-19(3)24(21)27-23-15-18(2)13-14-22(23)26;;;/h5-15,26-27H,4,16-17H2,1-3H3;2*1H;/q;;;+2/p-2. The first kappa shape index (κ1) is 25.4. The Morgan fingerprint density at radius 2 is 1.63 bits per heavy atom. The predicted molar refractivity (Wildman–Crippen MR) is 130 cm³/mol. The number of hydrogen-bond donors (Lipinski definition) is 1. The molecule has 0 spiro atoms. The topological polar surface area (TPSA) is 23.5 Å². The molecule has 1 atom stereocenters. The third kappa shape index (κ3) is 8.00. The summed E-state index contributed by atoms with van der Waals surface area (Å²) < 4.78 is 0. The van der Waals surface area contributed by atoms with Gasteiger partial charge >= 0.3 is 35.6 Å². The van der Waals surface area contributed by atoms with E-state index in [1.807, 2.05) is 12.1 Å². The minimum atomic E-state index is -0.556. The van der Waals surface area contributed by atoms with Crippen LogP contribution in [0.25, 0.3) is 0 Å². The number of halogens is 2. The molecule has 6 heteroatoms. The van der Waals surface area contributed by atoms with Crippen LogP contribution in [0.15, 0.2) is 66.7 Å². The predicted octanol–water partition coefficient (Wildman–Crippen LogP) is 6.04. The van der Waals surface area contributed by atoms with Gasteiger partial charge in [0, 0.05) is 18.4 Å². The van der Waals surface area contributed by atoms with E-state index in [4.69, 9.17) is 18.6 Å². The molecule has 0 aliphatic rings. The van der Waals surface area contributed by atoms with E-state index in [9.17, 15) is 5.11 Å². The Morgan fingerprint density at radius 3 is 2.30 bits per heavy atom. The fraction of sp³-hybridized carbons (Fsp3) is 0.250. The summed E-state index contributed by atoms with van der Waals surface area (Å²) in [6.45, 7) is 9.33. The van der Waals surface area contributed by atoms with Crippen LogP contribution >= 0.6 is 27.2 Å². The molecule has 1 N–H and O–H groups in total. The fourth-order valence-corrected chi connectivity index (χ4v) is 4.67. The molecule has 30 heavy (non-hydrogen) atoms. The molecule has 0 bridgehead atoms. The van der Waals surface area contributed by atoms with Crippen LogP contribution in [-0.2, 0) is 30.1 Å². The zero-order valence-electron chi connectivity index (χ0n) is 17.6. The van der Waals surface area contributed by atoms with Gasteiger partial charge in [-0.3, -0.25) is 4.90 Å². The third-order valence-corrected chi connectivity index (χ3v) is 6.50. The van der Waals surface area contributed by atoms with Crippen molar-refractivity contribution >= 4 is 37.8 Å². The molecule has 1 unspecified atom stereocenters. The first-order valence-corrected chi connectivity index (χ1v) is 15.2. The SMILES string of the molecule is CCN(Cc1ccccc1)Cc1cccc(C)c1Pc1cc(C)ccc1O.[Cl][Ti][Cl]. The van der Waals surface area contributed by atoms with E-state index in [1.165, 1.54) is 27.6 Å². The van der Waals surface area contributed by atoms with Crippen molar-refractivity contribution in [1.82, 2.24) is 4.90 Å². The summed E-state index contributed by atoms with van der Waals surface area (Å²) in [5.74, 6) is 0.393. The maximum atomic E-state index is 10.3. The van der Waals surface area contributed by atoms with Crippen LogP contribution in [0.4, 0.5) is 0 Å². The summed E-state index contributed by atoms with van der Waals surface area (Å²) in [7, 11) is 10.2. The zero-order valence-corrected chi connectivity index (χ0v) is 21.7. The molecule has 0 fully saturated rings. The normalized spacial score (nSPS) is 10.9. The molecule has 3 aromatic carbocycles. The summed E-state index contributed by atoms with van der Waals surface area (Å²) in [4.78, 5) is 2.47. The van der Waals surface area contributed by atoms with Gasteiger partial charge in [0.1, 0.15) is 5.75 Å². The first-order valence-electron chi connectivity index (χ1n) is 9.86. The molecule has 2 nitrogen and oxygen atoms in total. The number of aryl methyl sites for hydroxylation is 2. The molecule has 0 aliphatic heterocycles. The molecular formula is C24H28Cl2NOPTi. The van der Waals surface area contributed by atoms with Crippen molar-refractivity contribution < 1.29 is 22.1 Å². The van der Waals surface area contributed by atoms with Crippen LogP contribution in [0.5, 0.6) is 5.75 Å². The Kier molecular flexibility index (Phi) is 11.5. The van der Waals surface area contributed by atoms with Gasteiger partial charge in [0.25, 0.3) is 0 Å². The van der Waals surface area contributed by atoms with Gasteiger partial charge < -0.3 is 5.11 Å². The fourth-order valence-electron chi connectivity index (χ4n) is 3.29. The van der Waals surface area contributed by atoms with Crippen molar-refractivity contribution in [3.8, 4) is 5.75 Å². The second kappa shape index (κ2) is 13.5. The number of phenols is 1. The molecule has 3 aromatic rings. The van der Waals surface area contributed by atoms with Crippen LogP contribution in [0, 0.1) is 13.8 Å². The number of aromatic hydroxyl groups is 1. The molecule has 0 radical (unpaired) electrons. The second-order valence-electron chi connectivity index (χ2n) is 7.11. The van der Waals surface area contributed by atoms with Gasteiger partial charge in [0.15, 0.2) is 0 Å². The number of hydrogen-bond acceptors (Lipinski definition) is 2. The van der Waals surface area contributed by atoms with Gasteiger partial charge in [-0.25, -0.2) is 0 Å². The quantitative estimate of drug-likeness (QED) is 0.319. The Bertz CT molecular complexity index is 924. The first-order chi connectivity index (χ1) is 14.5. The van der Waals surface area contributed by atoms with Crippen molar-refractivity contribution in [2.45, 2.75) is 33.9 Å². The van der Waals surface area contributed by atoms with Crippen LogP contribution < -0.4 is 10.6 Å². The van der Waals surface area contributed by atoms with Crippen LogP contribution in [-0.4, -0.2) is 16.6 Å². The Hall–Kier alpha value is -0.856. The molecule has 0 aromatic heterocycles. The Labute approximate surface area is 199 Å². The average molecular weight is 496 g/mol. The van der Waals surface area contributed by atoms with Gasteiger partial charge in [-0.15, -0.1) is 0 Å². The van der Waals surface area contributed by atoms with Crippen molar-refractivity contribution in [1.29, 1.82) is 0 Å². The molecule has 0 amide bonds. The van der Waals surface area contributed by atoms with Crippen LogP contribution in [0.1, 0.15) is 29.2 Å². The van der Waals surface area contributed by atoms with Crippen molar-refractivity contribution in [3.05, 3.63) is 89.0 Å². The second-order valence-corrected chi connectivity index (χ2v) is 11.0. The average Bonchev–Trinajstić information content (AvgIpc) is 2.74. The Morgan fingerprint density at radius 1 is 0.933 bits per heavy atom. The Balaban J connectivity index is 0.00000101. The van der Waals surface area contributed by atoms with E-state index in [2.05, 4.69) is 80.3 Å². The van der Waals surface area contributed by atoms with Gasteiger partial charge in [-0.1, -0.05) is 75.7 Å². The van der Waals surface area contributed by atoms with E-state index in [0.717, 1.165) is 24.9 Å². The summed E-state index contributed by atoms with van der Waals surface area (Å²) in [6, 6.07) is 23.1. The molecule has 0 saturated carbocycles. The number of nitrogens with zero attached hydrogens (tertiary/aromatic N) is 1. The maximum absolute atomic E-state index is 10.3. The summed E-state index contributed by atoms with van der Waals surface area (Å²) in [5, 5.41) is 12.7.